The molecule has 182 valence electrons. The lowest BCUT2D eigenvalue weighted by Crippen LogP contribution is -2.59. The Kier molecular flexibility index (Phi) is 5.57. The minimum atomic E-state index is -0.603. The predicted molar refractivity (Wildman–Crippen MR) is 127 cm³/mol. The summed E-state index contributed by atoms with van der Waals surface area (Å²) in [5.41, 5.74) is 0.637. The van der Waals surface area contributed by atoms with Crippen LogP contribution in [0.25, 0.3) is 21.9 Å². The Morgan fingerprint density at radius 1 is 0.914 bits per heavy atom. The van der Waals surface area contributed by atoms with Crippen molar-refractivity contribution in [1.82, 2.24) is 9.80 Å². The van der Waals surface area contributed by atoms with Crippen molar-refractivity contribution in [2.45, 2.75) is 43.9 Å². The minimum absolute atomic E-state index is 0.0380. The zero-order chi connectivity index (χ0) is 24.2. The molecule has 1 amide bonds. The van der Waals surface area contributed by atoms with E-state index in [2.05, 4.69) is 0 Å². The molecule has 0 bridgehead atoms. The van der Waals surface area contributed by atoms with Crippen LogP contribution in [0.1, 0.15) is 31.2 Å². The zero-order valence-electron chi connectivity index (χ0n) is 19.4. The molecule has 1 spiro atoms. The van der Waals surface area contributed by atoms with Crippen LogP contribution in [-0.4, -0.2) is 53.6 Å². The molecule has 6 rings (SSSR count). The summed E-state index contributed by atoms with van der Waals surface area (Å²) in [5, 5.41) is 1.16. The van der Waals surface area contributed by atoms with Gasteiger partial charge in [0.25, 0.3) is 0 Å². The van der Waals surface area contributed by atoms with Gasteiger partial charge in [0.1, 0.15) is 24.1 Å². The van der Waals surface area contributed by atoms with Crippen molar-refractivity contribution in [3.8, 4) is 11.1 Å². The Labute approximate surface area is 202 Å². The first-order valence-corrected chi connectivity index (χ1v) is 12.2. The molecule has 7 heteroatoms. The quantitative estimate of drug-likeness (QED) is 0.510. The van der Waals surface area contributed by atoms with E-state index in [1.165, 1.54) is 18.2 Å². The summed E-state index contributed by atoms with van der Waals surface area (Å²) in [4.78, 5) is 16.2. The predicted octanol–water partition coefficient (Wildman–Crippen LogP) is 5.28. The summed E-state index contributed by atoms with van der Waals surface area (Å²) < 4.78 is 50.3. The van der Waals surface area contributed by atoms with Crippen LogP contribution in [0.15, 0.2) is 48.5 Å². The first kappa shape index (κ1) is 22.6. The number of piperidine rings is 1. The molecule has 1 aliphatic carbocycles. The summed E-state index contributed by atoms with van der Waals surface area (Å²) in [5.74, 6) is -1.50. The van der Waals surface area contributed by atoms with Crippen LogP contribution in [0.2, 0.25) is 0 Å². The molecule has 3 aliphatic rings. The van der Waals surface area contributed by atoms with Crippen molar-refractivity contribution in [2.75, 3.05) is 26.2 Å². The third-order valence-corrected chi connectivity index (χ3v) is 7.72. The smallest absolute Gasteiger partial charge is 0.248 e. The maximum Gasteiger partial charge on any atom is 0.248 e. The number of carbonyl (C=O) groups excluding carboxylic acids is 1. The molecule has 1 saturated carbocycles. The van der Waals surface area contributed by atoms with Crippen molar-refractivity contribution in [3.63, 3.8) is 0 Å². The van der Waals surface area contributed by atoms with Gasteiger partial charge in [-0.1, -0.05) is 24.3 Å². The van der Waals surface area contributed by atoms with E-state index in [-0.39, 0.29) is 36.0 Å². The Morgan fingerprint density at radius 3 is 2.37 bits per heavy atom. The SMILES string of the molecule is O=C1COC2(CCN(Cc3c(F)cc(-c4ccc5cccc(F)c5c4)cc3F)CC2)CN1C1CC1. The van der Waals surface area contributed by atoms with E-state index < -0.39 is 11.6 Å². The summed E-state index contributed by atoms with van der Waals surface area (Å²) >= 11 is 0. The molecule has 2 aliphatic heterocycles. The number of fused-ring (bicyclic) bond motifs is 1. The fraction of sp³-hybridized carbons (Fsp3) is 0.393. The summed E-state index contributed by atoms with van der Waals surface area (Å²) in [6.07, 6.45) is 3.59. The Hall–Kier alpha value is -2.90. The highest BCUT2D eigenvalue weighted by Crippen LogP contribution is 2.37. The lowest BCUT2D eigenvalue weighted by molar-refractivity contribution is -0.172. The third-order valence-electron chi connectivity index (χ3n) is 7.72. The molecule has 35 heavy (non-hydrogen) atoms. The highest BCUT2D eigenvalue weighted by Gasteiger charge is 2.46. The Balaban J connectivity index is 1.16. The molecule has 2 saturated heterocycles. The van der Waals surface area contributed by atoms with E-state index >= 15 is 8.78 Å². The monoisotopic (exact) mass is 480 g/mol. The van der Waals surface area contributed by atoms with E-state index in [4.69, 9.17) is 4.74 Å². The largest absolute Gasteiger partial charge is 0.363 e. The van der Waals surface area contributed by atoms with Crippen LogP contribution in [0.3, 0.4) is 0 Å². The number of carbonyl (C=O) groups is 1. The van der Waals surface area contributed by atoms with E-state index in [0.717, 1.165) is 31.1 Å². The van der Waals surface area contributed by atoms with Crippen LogP contribution in [-0.2, 0) is 16.1 Å². The maximum absolute atomic E-state index is 15.1. The molecule has 2 heterocycles. The number of rotatable bonds is 4. The van der Waals surface area contributed by atoms with Gasteiger partial charge in [-0.2, -0.15) is 0 Å². The van der Waals surface area contributed by atoms with Gasteiger partial charge < -0.3 is 9.64 Å². The molecule has 3 aromatic rings. The lowest BCUT2D eigenvalue weighted by atomic mass is 9.89. The van der Waals surface area contributed by atoms with Crippen LogP contribution in [0, 0.1) is 17.5 Å². The summed E-state index contributed by atoms with van der Waals surface area (Å²) in [7, 11) is 0. The van der Waals surface area contributed by atoms with Gasteiger partial charge in [-0.05, 0) is 66.5 Å². The van der Waals surface area contributed by atoms with Gasteiger partial charge in [-0.3, -0.25) is 9.69 Å². The highest BCUT2D eigenvalue weighted by atomic mass is 19.1. The Morgan fingerprint density at radius 2 is 1.66 bits per heavy atom. The fourth-order valence-electron chi connectivity index (χ4n) is 5.44. The van der Waals surface area contributed by atoms with Crippen LogP contribution in [0.5, 0.6) is 0 Å². The molecule has 0 radical (unpaired) electrons. The average molecular weight is 481 g/mol. The highest BCUT2D eigenvalue weighted by molar-refractivity contribution is 5.87. The van der Waals surface area contributed by atoms with Crippen molar-refractivity contribution < 1.29 is 22.7 Å². The second-order valence-electron chi connectivity index (χ2n) is 10.1. The van der Waals surface area contributed by atoms with Crippen molar-refractivity contribution >= 4 is 16.7 Å². The van der Waals surface area contributed by atoms with Crippen molar-refractivity contribution in [3.05, 3.63) is 71.5 Å². The molecule has 3 fully saturated rings. The second-order valence-corrected chi connectivity index (χ2v) is 10.1. The number of halogens is 3. The van der Waals surface area contributed by atoms with Crippen molar-refractivity contribution in [2.24, 2.45) is 0 Å². The molecule has 3 aromatic carbocycles. The lowest BCUT2D eigenvalue weighted by Gasteiger charge is -2.47. The number of hydrogen-bond acceptors (Lipinski definition) is 3. The zero-order valence-corrected chi connectivity index (χ0v) is 19.4. The number of likely N-dealkylation sites (tertiary alicyclic amines) is 1. The summed E-state index contributed by atoms with van der Waals surface area (Å²) in [6.45, 7) is 2.22. The van der Waals surface area contributed by atoms with E-state index in [1.807, 2.05) is 9.80 Å². The van der Waals surface area contributed by atoms with Crippen LogP contribution >= 0.6 is 0 Å². The molecule has 0 aromatic heterocycles. The number of amides is 1. The first-order valence-electron chi connectivity index (χ1n) is 12.2. The maximum atomic E-state index is 15.1. The van der Waals surface area contributed by atoms with E-state index in [9.17, 15) is 9.18 Å². The van der Waals surface area contributed by atoms with Gasteiger partial charge in [-0.25, -0.2) is 13.2 Å². The van der Waals surface area contributed by atoms with Gasteiger partial charge in [0.15, 0.2) is 0 Å². The standard InChI is InChI=1S/C28H27F3N2O2/c29-24-3-1-2-18-4-5-19(12-22(18)24)20-13-25(30)23(26(31)14-20)15-32-10-8-28(9-11-32)17-33(21-6-7-21)27(34)16-35-28/h1-5,12-14,21H,6-11,15-17H2. The van der Waals surface area contributed by atoms with E-state index in [1.54, 1.807) is 30.3 Å². The fourth-order valence-corrected chi connectivity index (χ4v) is 5.44. The number of nitrogens with zero attached hydrogens (tertiary/aromatic N) is 2. The second kappa shape index (κ2) is 8.64. The van der Waals surface area contributed by atoms with Gasteiger partial charge in [-0.15, -0.1) is 0 Å². The number of hydrogen-bond donors (Lipinski definition) is 0. The molecule has 0 N–H and O–H groups in total. The summed E-state index contributed by atoms with van der Waals surface area (Å²) in [6, 6.07) is 13.0. The van der Waals surface area contributed by atoms with Crippen LogP contribution in [0.4, 0.5) is 13.2 Å². The third kappa shape index (κ3) is 4.32. The van der Waals surface area contributed by atoms with Crippen LogP contribution < -0.4 is 0 Å². The first-order chi connectivity index (χ1) is 16.9. The van der Waals surface area contributed by atoms with Gasteiger partial charge >= 0.3 is 0 Å². The molecule has 0 atom stereocenters. The number of benzene rings is 3. The molecule has 0 unspecified atom stereocenters. The van der Waals surface area contributed by atoms with Gasteiger partial charge in [0.05, 0.1) is 12.1 Å². The topological polar surface area (TPSA) is 32.8 Å². The number of morpholine rings is 1. The minimum Gasteiger partial charge on any atom is -0.363 e. The Bertz CT molecular complexity index is 1280. The number of ether oxygens (including phenoxy) is 1. The van der Waals surface area contributed by atoms with Crippen molar-refractivity contribution in [1.29, 1.82) is 0 Å². The van der Waals surface area contributed by atoms with Gasteiger partial charge in [0, 0.05) is 36.6 Å². The molecule has 4 nitrogen and oxygen atoms in total. The molecular formula is C28H27F3N2O2. The normalized spacial score (nSPS) is 20.7. The van der Waals surface area contributed by atoms with E-state index in [0.29, 0.717) is 42.2 Å². The average Bonchev–Trinajstić information content (AvgIpc) is 3.70. The van der Waals surface area contributed by atoms with Gasteiger partial charge in [0.2, 0.25) is 5.91 Å². The molecular weight excluding hydrogens is 453 g/mol.